The van der Waals surface area contributed by atoms with E-state index in [2.05, 4.69) is 5.32 Å². The Bertz CT molecular complexity index is 1420. The van der Waals surface area contributed by atoms with Crippen LogP contribution in [0, 0.1) is 6.92 Å². The average Bonchev–Trinajstić information content (AvgIpc) is 3.05. The Labute approximate surface area is 196 Å². The Morgan fingerprint density at radius 1 is 1.03 bits per heavy atom. The molecule has 0 saturated heterocycles. The maximum atomic E-state index is 12.2. The van der Waals surface area contributed by atoms with Crippen molar-refractivity contribution in [1.82, 2.24) is 9.13 Å². The SMILES string of the molecule is Cc1ccc(C(=O)O)cc1NCc1ccccc1OCC(O)c1ccc2c(c1)n(C)c(=O)n2C. The van der Waals surface area contributed by atoms with E-state index in [1.54, 1.807) is 53.6 Å². The van der Waals surface area contributed by atoms with Crippen molar-refractivity contribution in [3.05, 3.63) is 93.4 Å². The Hall–Kier alpha value is -4.04. The van der Waals surface area contributed by atoms with E-state index in [1.807, 2.05) is 37.3 Å². The Balaban J connectivity index is 1.47. The number of anilines is 1. The van der Waals surface area contributed by atoms with Crippen molar-refractivity contribution in [3.63, 3.8) is 0 Å². The lowest BCUT2D eigenvalue weighted by Crippen LogP contribution is -2.19. The van der Waals surface area contributed by atoms with Crippen molar-refractivity contribution < 1.29 is 19.7 Å². The second-order valence-electron chi connectivity index (χ2n) is 8.27. The van der Waals surface area contributed by atoms with Gasteiger partial charge in [0, 0.05) is 31.9 Å². The van der Waals surface area contributed by atoms with E-state index in [0.717, 1.165) is 27.8 Å². The topological polar surface area (TPSA) is 106 Å². The number of aliphatic hydroxyl groups excluding tert-OH is 1. The summed E-state index contributed by atoms with van der Waals surface area (Å²) in [7, 11) is 3.42. The number of carboxylic acid groups (broad SMARTS) is 1. The lowest BCUT2D eigenvalue weighted by Gasteiger charge is -2.17. The molecule has 0 fully saturated rings. The molecule has 0 spiro atoms. The number of imidazole rings is 1. The Kier molecular flexibility index (Phi) is 6.43. The van der Waals surface area contributed by atoms with Crippen LogP contribution in [0.15, 0.2) is 65.5 Å². The Morgan fingerprint density at radius 2 is 1.76 bits per heavy atom. The monoisotopic (exact) mass is 461 g/mol. The van der Waals surface area contributed by atoms with Gasteiger partial charge < -0.3 is 20.3 Å². The average molecular weight is 462 g/mol. The van der Waals surface area contributed by atoms with E-state index in [9.17, 15) is 19.8 Å². The number of hydrogen-bond donors (Lipinski definition) is 3. The first-order valence-corrected chi connectivity index (χ1v) is 10.9. The van der Waals surface area contributed by atoms with Gasteiger partial charge in [-0.25, -0.2) is 9.59 Å². The first kappa shape index (κ1) is 23.1. The summed E-state index contributed by atoms with van der Waals surface area (Å²) in [4.78, 5) is 23.4. The number of fused-ring (bicyclic) bond motifs is 1. The van der Waals surface area contributed by atoms with E-state index < -0.39 is 12.1 Å². The molecule has 1 aromatic heterocycles. The minimum atomic E-state index is -0.977. The first-order valence-electron chi connectivity index (χ1n) is 10.9. The Morgan fingerprint density at radius 3 is 2.53 bits per heavy atom. The van der Waals surface area contributed by atoms with Crippen LogP contribution in [-0.2, 0) is 20.6 Å². The van der Waals surface area contributed by atoms with Gasteiger partial charge in [-0.3, -0.25) is 9.13 Å². The van der Waals surface area contributed by atoms with Gasteiger partial charge in [0.1, 0.15) is 18.5 Å². The van der Waals surface area contributed by atoms with Gasteiger partial charge in [-0.05, 0) is 48.4 Å². The molecule has 3 N–H and O–H groups in total. The van der Waals surface area contributed by atoms with Gasteiger partial charge in [-0.1, -0.05) is 30.3 Å². The molecule has 0 saturated carbocycles. The summed E-state index contributed by atoms with van der Waals surface area (Å²) < 4.78 is 9.07. The zero-order valence-corrected chi connectivity index (χ0v) is 19.3. The summed E-state index contributed by atoms with van der Waals surface area (Å²) in [6, 6.07) is 17.9. The molecule has 0 aliphatic carbocycles. The van der Waals surface area contributed by atoms with Crippen LogP contribution in [0.3, 0.4) is 0 Å². The van der Waals surface area contributed by atoms with Gasteiger partial charge in [0.05, 0.1) is 16.6 Å². The summed E-state index contributed by atoms with van der Waals surface area (Å²) in [6.45, 7) is 2.37. The molecular formula is C26H27N3O5. The molecule has 1 unspecified atom stereocenters. The van der Waals surface area contributed by atoms with Crippen LogP contribution < -0.4 is 15.7 Å². The fourth-order valence-corrected chi connectivity index (χ4v) is 3.92. The number of aromatic nitrogens is 2. The number of nitrogens with zero attached hydrogens (tertiary/aromatic N) is 2. The van der Waals surface area contributed by atoms with E-state index >= 15 is 0 Å². The summed E-state index contributed by atoms with van der Waals surface area (Å²) in [6.07, 6.45) is -0.879. The van der Waals surface area contributed by atoms with Gasteiger partial charge in [-0.15, -0.1) is 0 Å². The van der Waals surface area contributed by atoms with Gasteiger partial charge in [0.2, 0.25) is 0 Å². The predicted octanol–water partition coefficient (Wildman–Crippen LogP) is 3.61. The lowest BCUT2D eigenvalue weighted by molar-refractivity contribution is 0.0697. The van der Waals surface area contributed by atoms with Crippen molar-refractivity contribution in [1.29, 1.82) is 0 Å². The molecule has 0 aliphatic rings. The molecule has 4 aromatic rings. The molecule has 34 heavy (non-hydrogen) atoms. The number of carboxylic acids is 1. The van der Waals surface area contributed by atoms with Crippen LogP contribution in [0.1, 0.15) is 33.2 Å². The van der Waals surface area contributed by atoms with Gasteiger partial charge >= 0.3 is 11.7 Å². The van der Waals surface area contributed by atoms with Gasteiger partial charge in [0.25, 0.3) is 0 Å². The number of aromatic carboxylic acids is 1. The molecule has 8 nitrogen and oxygen atoms in total. The number of para-hydroxylation sites is 1. The second kappa shape index (κ2) is 9.44. The molecule has 0 bridgehead atoms. The van der Waals surface area contributed by atoms with E-state index in [-0.39, 0.29) is 17.9 Å². The third-order valence-corrected chi connectivity index (χ3v) is 6.00. The standard InChI is InChI=1S/C26H27N3O5/c1-16-8-9-18(25(31)32)12-20(16)27-14-19-6-4-5-7-24(19)34-15-23(30)17-10-11-21-22(13-17)29(3)26(33)28(21)2/h4-13,23,27,30H,14-15H2,1-3H3,(H,31,32). The largest absolute Gasteiger partial charge is 0.490 e. The number of aryl methyl sites for hydroxylation is 3. The van der Waals surface area contributed by atoms with Gasteiger partial charge in [-0.2, -0.15) is 0 Å². The maximum Gasteiger partial charge on any atom is 0.335 e. The van der Waals surface area contributed by atoms with Crippen LogP contribution in [0.25, 0.3) is 11.0 Å². The van der Waals surface area contributed by atoms with E-state index in [4.69, 9.17) is 4.74 Å². The number of carbonyl (C=O) groups is 1. The molecule has 176 valence electrons. The fraction of sp³-hybridized carbons (Fsp3) is 0.231. The molecule has 3 aromatic carbocycles. The highest BCUT2D eigenvalue weighted by atomic mass is 16.5. The molecule has 1 heterocycles. The normalized spacial score (nSPS) is 12.0. The van der Waals surface area contributed by atoms with Crippen LogP contribution in [-0.4, -0.2) is 31.9 Å². The van der Waals surface area contributed by atoms with Crippen molar-refractivity contribution in [2.75, 3.05) is 11.9 Å². The van der Waals surface area contributed by atoms with Crippen LogP contribution >= 0.6 is 0 Å². The highest BCUT2D eigenvalue weighted by Gasteiger charge is 2.14. The number of rotatable bonds is 8. The molecule has 0 aliphatic heterocycles. The highest BCUT2D eigenvalue weighted by molar-refractivity contribution is 5.89. The van der Waals surface area contributed by atoms with Crippen molar-refractivity contribution in [2.24, 2.45) is 14.1 Å². The second-order valence-corrected chi connectivity index (χ2v) is 8.27. The van der Waals surface area contributed by atoms with Crippen molar-refractivity contribution in [3.8, 4) is 5.75 Å². The van der Waals surface area contributed by atoms with Crippen LogP contribution in [0.4, 0.5) is 5.69 Å². The van der Waals surface area contributed by atoms with Gasteiger partial charge in [0.15, 0.2) is 0 Å². The lowest BCUT2D eigenvalue weighted by atomic mass is 10.1. The quantitative estimate of drug-likeness (QED) is 0.370. The van der Waals surface area contributed by atoms with Crippen molar-refractivity contribution >= 4 is 22.7 Å². The minimum Gasteiger partial charge on any atom is -0.490 e. The maximum absolute atomic E-state index is 12.2. The molecule has 8 heteroatoms. The number of hydrogen-bond acceptors (Lipinski definition) is 5. The molecule has 1 atom stereocenters. The first-order chi connectivity index (χ1) is 16.3. The zero-order valence-electron chi connectivity index (χ0n) is 19.3. The van der Waals surface area contributed by atoms with Crippen LogP contribution in [0.2, 0.25) is 0 Å². The smallest absolute Gasteiger partial charge is 0.335 e. The highest BCUT2D eigenvalue weighted by Crippen LogP contribution is 2.25. The summed E-state index contributed by atoms with van der Waals surface area (Å²) in [5.74, 6) is -0.358. The number of aliphatic hydroxyl groups is 1. The number of ether oxygens (including phenoxy) is 1. The third-order valence-electron chi connectivity index (χ3n) is 6.00. The molecule has 0 amide bonds. The summed E-state index contributed by atoms with van der Waals surface area (Å²) in [5.41, 5.74) is 4.83. The van der Waals surface area contributed by atoms with Crippen LogP contribution in [0.5, 0.6) is 5.75 Å². The van der Waals surface area contributed by atoms with E-state index in [1.165, 1.54) is 0 Å². The number of nitrogens with one attached hydrogen (secondary N) is 1. The number of benzene rings is 3. The van der Waals surface area contributed by atoms with Crippen molar-refractivity contribution in [2.45, 2.75) is 19.6 Å². The van der Waals surface area contributed by atoms with E-state index in [0.29, 0.717) is 17.9 Å². The minimum absolute atomic E-state index is 0.0385. The zero-order chi connectivity index (χ0) is 24.4. The predicted molar refractivity (Wildman–Crippen MR) is 131 cm³/mol. The molecular weight excluding hydrogens is 434 g/mol. The summed E-state index contributed by atoms with van der Waals surface area (Å²) >= 11 is 0. The third kappa shape index (κ3) is 4.53. The molecule has 0 radical (unpaired) electrons. The fourth-order valence-electron chi connectivity index (χ4n) is 3.92. The molecule has 4 rings (SSSR count). The summed E-state index contributed by atoms with van der Waals surface area (Å²) in [5, 5.41) is 23.3.